The Morgan fingerprint density at radius 1 is 1.15 bits per heavy atom. The maximum Gasteiger partial charge on any atom is 0.263 e. The van der Waals surface area contributed by atoms with Gasteiger partial charge in [-0.2, -0.15) is 0 Å². The highest BCUT2D eigenvalue weighted by atomic mass is 32.2. The highest BCUT2D eigenvalue weighted by molar-refractivity contribution is 7.93. The normalized spacial score (nSPS) is 13.8. The van der Waals surface area contributed by atoms with Crippen LogP contribution in [0.4, 0.5) is 25.3 Å². The first kappa shape index (κ1) is 17.7. The topological polar surface area (TPSA) is 71.5 Å². The van der Waals surface area contributed by atoms with Crippen molar-refractivity contribution < 1.29 is 21.9 Å². The van der Waals surface area contributed by atoms with Crippen LogP contribution in [0.25, 0.3) is 0 Å². The lowest BCUT2D eigenvalue weighted by Crippen LogP contribution is -2.29. The van der Waals surface area contributed by atoms with E-state index in [9.17, 15) is 17.2 Å². The molecule has 0 atom stereocenters. The summed E-state index contributed by atoms with van der Waals surface area (Å²) in [5.74, 6) is -1.07. The van der Waals surface area contributed by atoms with Crippen LogP contribution in [0.1, 0.15) is 0 Å². The fraction of sp³-hybridized carbons (Fsp3) is 0.118. The Morgan fingerprint density at radius 3 is 2.70 bits per heavy atom. The maximum atomic E-state index is 14.2. The summed E-state index contributed by atoms with van der Waals surface area (Å²) in [5.41, 5.74) is 0.692. The van der Waals surface area contributed by atoms with Crippen LogP contribution in [0.5, 0.6) is 5.75 Å². The van der Waals surface area contributed by atoms with E-state index in [1.807, 2.05) is 0 Å². The Kier molecular flexibility index (Phi) is 4.44. The van der Waals surface area contributed by atoms with Crippen molar-refractivity contribution in [3.63, 3.8) is 0 Å². The van der Waals surface area contributed by atoms with Crippen LogP contribution in [0, 0.1) is 11.6 Å². The molecular weight excluding hydrogens is 396 g/mol. The van der Waals surface area contributed by atoms with Crippen molar-refractivity contribution >= 4 is 37.9 Å². The molecule has 0 aliphatic carbocycles. The van der Waals surface area contributed by atoms with Gasteiger partial charge in [0.05, 0.1) is 22.8 Å². The third-order valence-corrected chi connectivity index (χ3v) is 6.11. The third kappa shape index (κ3) is 3.45. The average molecular weight is 409 g/mol. The molecule has 0 saturated heterocycles. The van der Waals surface area contributed by atoms with Gasteiger partial charge in [-0.05, 0) is 24.3 Å². The zero-order chi connectivity index (χ0) is 19.0. The zero-order valence-corrected chi connectivity index (χ0v) is 15.4. The van der Waals surface area contributed by atoms with Crippen LogP contribution in [0.2, 0.25) is 0 Å². The average Bonchev–Trinajstić information content (AvgIpc) is 3.13. The summed E-state index contributed by atoms with van der Waals surface area (Å²) in [5, 5.41) is 1.91. The van der Waals surface area contributed by atoms with Crippen LogP contribution in [-0.2, 0) is 10.0 Å². The number of rotatable bonds is 4. The standard InChI is InChI=1S/C17H13F2N3O3S2/c18-11-1-3-14(13(19)9-11)22-6-7-25-16-10-12(2-4-15(16)22)27(23,24)21-17-20-5-8-26-17/h1-5,8-10H,6-7H2,(H,20,21). The van der Waals surface area contributed by atoms with E-state index in [4.69, 9.17) is 4.74 Å². The smallest absolute Gasteiger partial charge is 0.263 e. The molecule has 2 aromatic carbocycles. The lowest BCUT2D eigenvalue weighted by molar-refractivity contribution is 0.312. The summed E-state index contributed by atoms with van der Waals surface area (Å²) in [4.78, 5) is 5.52. The Balaban J connectivity index is 1.70. The molecule has 0 saturated carbocycles. The van der Waals surface area contributed by atoms with E-state index in [1.165, 1.54) is 36.5 Å². The van der Waals surface area contributed by atoms with Crippen molar-refractivity contribution in [3.05, 3.63) is 59.6 Å². The number of hydrogen-bond acceptors (Lipinski definition) is 6. The highest BCUT2D eigenvalue weighted by Gasteiger charge is 2.25. The number of nitrogens with zero attached hydrogens (tertiary/aromatic N) is 2. The first-order valence-electron chi connectivity index (χ1n) is 7.86. The number of sulfonamides is 1. The van der Waals surface area contributed by atoms with Crippen LogP contribution < -0.4 is 14.4 Å². The van der Waals surface area contributed by atoms with Crippen molar-refractivity contribution in [2.75, 3.05) is 22.8 Å². The van der Waals surface area contributed by atoms with Crippen molar-refractivity contribution in [1.29, 1.82) is 0 Å². The number of anilines is 3. The van der Waals surface area contributed by atoms with E-state index in [2.05, 4.69) is 9.71 Å². The fourth-order valence-corrected chi connectivity index (χ4v) is 4.57. The summed E-state index contributed by atoms with van der Waals surface area (Å²) in [6, 6.07) is 7.63. The van der Waals surface area contributed by atoms with Gasteiger partial charge in [-0.1, -0.05) is 0 Å². The van der Waals surface area contributed by atoms with Crippen molar-refractivity contribution in [2.24, 2.45) is 0 Å². The van der Waals surface area contributed by atoms with Crippen LogP contribution >= 0.6 is 11.3 Å². The second kappa shape index (κ2) is 6.78. The van der Waals surface area contributed by atoms with Gasteiger partial charge < -0.3 is 9.64 Å². The first-order chi connectivity index (χ1) is 12.9. The number of nitrogens with one attached hydrogen (secondary N) is 1. The summed E-state index contributed by atoms with van der Waals surface area (Å²) < 4.78 is 60.3. The van der Waals surface area contributed by atoms with Gasteiger partial charge in [-0.15, -0.1) is 11.3 Å². The molecule has 1 N–H and O–H groups in total. The van der Waals surface area contributed by atoms with E-state index in [0.29, 0.717) is 18.0 Å². The molecule has 1 aliphatic heterocycles. The number of thiazole rings is 1. The van der Waals surface area contributed by atoms with Crippen molar-refractivity contribution in [3.8, 4) is 5.75 Å². The number of halogens is 2. The minimum atomic E-state index is -3.84. The molecular formula is C17H13F2N3O3S2. The highest BCUT2D eigenvalue weighted by Crippen LogP contribution is 2.39. The van der Waals surface area contributed by atoms with Gasteiger partial charge in [-0.25, -0.2) is 22.2 Å². The van der Waals surface area contributed by atoms with E-state index in [0.717, 1.165) is 17.4 Å². The minimum absolute atomic E-state index is 0.00196. The Labute approximate surface area is 158 Å². The molecule has 1 aromatic heterocycles. The predicted molar refractivity (Wildman–Crippen MR) is 98.2 cm³/mol. The van der Waals surface area contributed by atoms with Gasteiger partial charge in [0.2, 0.25) is 0 Å². The molecule has 0 amide bonds. The second-order valence-corrected chi connectivity index (χ2v) is 8.25. The lowest BCUT2D eigenvalue weighted by atomic mass is 10.2. The molecule has 27 heavy (non-hydrogen) atoms. The van der Waals surface area contributed by atoms with Gasteiger partial charge >= 0.3 is 0 Å². The number of ether oxygens (including phenoxy) is 1. The summed E-state index contributed by atoms with van der Waals surface area (Å²) in [7, 11) is -3.84. The Morgan fingerprint density at radius 2 is 1.96 bits per heavy atom. The van der Waals surface area contributed by atoms with E-state index in [-0.39, 0.29) is 22.3 Å². The molecule has 0 bridgehead atoms. The van der Waals surface area contributed by atoms with E-state index >= 15 is 0 Å². The third-order valence-electron chi connectivity index (χ3n) is 3.96. The number of fused-ring (bicyclic) bond motifs is 1. The zero-order valence-electron chi connectivity index (χ0n) is 13.7. The number of hydrogen-bond donors (Lipinski definition) is 1. The van der Waals surface area contributed by atoms with Gasteiger partial charge in [0.25, 0.3) is 10.0 Å². The van der Waals surface area contributed by atoms with Crippen molar-refractivity contribution in [2.45, 2.75) is 4.90 Å². The first-order valence-corrected chi connectivity index (χ1v) is 10.2. The molecule has 6 nitrogen and oxygen atoms in total. The fourth-order valence-electron chi connectivity index (χ4n) is 2.77. The Bertz CT molecular complexity index is 1090. The van der Waals surface area contributed by atoms with Crippen LogP contribution in [0.3, 0.4) is 0 Å². The second-order valence-electron chi connectivity index (χ2n) is 5.67. The predicted octanol–water partition coefficient (Wildman–Crippen LogP) is 3.75. The van der Waals surface area contributed by atoms with E-state index < -0.39 is 21.7 Å². The van der Waals surface area contributed by atoms with Gasteiger partial charge in [0, 0.05) is 23.7 Å². The minimum Gasteiger partial charge on any atom is -0.489 e. The molecule has 1 aliphatic rings. The monoisotopic (exact) mass is 409 g/mol. The summed E-state index contributed by atoms with van der Waals surface area (Å²) >= 11 is 1.16. The molecule has 0 radical (unpaired) electrons. The maximum absolute atomic E-state index is 14.2. The SMILES string of the molecule is O=S(=O)(Nc1nccs1)c1ccc2c(c1)OCCN2c1ccc(F)cc1F. The molecule has 140 valence electrons. The summed E-state index contributed by atoms with van der Waals surface area (Å²) in [6.45, 7) is 0.576. The van der Waals surface area contributed by atoms with Crippen molar-refractivity contribution in [1.82, 2.24) is 4.98 Å². The van der Waals surface area contributed by atoms with Gasteiger partial charge in [0.15, 0.2) is 5.13 Å². The van der Waals surface area contributed by atoms with Gasteiger partial charge in [-0.3, -0.25) is 4.72 Å². The molecule has 0 fully saturated rings. The van der Waals surface area contributed by atoms with E-state index in [1.54, 1.807) is 10.3 Å². The molecule has 10 heteroatoms. The molecule has 0 unspecified atom stereocenters. The Hall–Kier alpha value is -2.72. The number of aromatic nitrogens is 1. The summed E-state index contributed by atoms with van der Waals surface area (Å²) in [6.07, 6.45) is 1.49. The van der Waals surface area contributed by atoms with Crippen LogP contribution in [0.15, 0.2) is 52.9 Å². The molecule has 2 heterocycles. The lowest BCUT2D eigenvalue weighted by Gasteiger charge is -2.31. The van der Waals surface area contributed by atoms with Crippen LogP contribution in [-0.4, -0.2) is 26.6 Å². The van der Waals surface area contributed by atoms with Gasteiger partial charge in [0.1, 0.15) is 24.0 Å². The largest absolute Gasteiger partial charge is 0.489 e. The molecule has 0 spiro atoms. The molecule has 3 aromatic rings. The molecule has 4 rings (SSSR count). The quantitative estimate of drug-likeness (QED) is 0.711. The number of benzene rings is 2.